The SMILES string of the molecule is CCC/C(N)=C(\CNC(C)NC(C)(CC)CC)C(=N)C1C=C(C)N=CC1. The molecule has 148 valence electrons. The fourth-order valence-corrected chi connectivity index (χ4v) is 3.22. The Morgan fingerprint density at radius 1 is 1.38 bits per heavy atom. The number of allylic oxidation sites excluding steroid dienone is 3. The standard InChI is InChI=1S/C21H39N5/c1-7-10-19(22)18(20(23)17-11-12-24-15(4)13-17)14-25-16(5)26-21(6,8-2)9-3/h12-13,16-17,23,25-26H,7-11,14,22H2,1-6H3/b19-18-,23-20?. The summed E-state index contributed by atoms with van der Waals surface area (Å²) in [7, 11) is 0. The lowest BCUT2D eigenvalue weighted by molar-refractivity contribution is 0.276. The molecule has 2 unspecified atom stereocenters. The fraction of sp³-hybridized carbons (Fsp3) is 0.714. The first-order chi connectivity index (χ1) is 12.3. The predicted molar refractivity (Wildman–Crippen MR) is 114 cm³/mol. The Balaban J connectivity index is 2.84. The second-order valence-corrected chi connectivity index (χ2v) is 7.64. The van der Waals surface area contributed by atoms with Crippen LogP contribution in [-0.4, -0.2) is 30.2 Å². The molecule has 2 atom stereocenters. The van der Waals surface area contributed by atoms with Crippen LogP contribution >= 0.6 is 0 Å². The van der Waals surface area contributed by atoms with E-state index >= 15 is 0 Å². The summed E-state index contributed by atoms with van der Waals surface area (Å²) < 4.78 is 0. The number of nitrogens with zero attached hydrogens (tertiary/aromatic N) is 1. The van der Waals surface area contributed by atoms with Crippen LogP contribution in [0.3, 0.4) is 0 Å². The van der Waals surface area contributed by atoms with Crippen molar-refractivity contribution in [2.45, 2.75) is 85.4 Å². The smallest absolute Gasteiger partial charge is 0.0549 e. The molecule has 0 fully saturated rings. The Hall–Kier alpha value is -1.46. The number of rotatable bonds is 11. The molecule has 0 aromatic heterocycles. The van der Waals surface area contributed by atoms with Crippen LogP contribution in [-0.2, 0) is 0 Å². The molecular weight excluding hydrogens is 322 g/mol. The van der Waals surface area contributed by atoms with Gasteiger partial charge in [-0.15, -0.1) is 0 Å². The Bertz CT molecular complexity index is 555. The Labute approximate surface area is 160 Å². The molecule has 0 saturated heterocycles. The van der Waals surface area contributed by atoms with Crippen molar-refractivity contribution in [2.24, 2.45) is 16.6 Å². The molecule has 1 aliphatic rings. The third-order valence-corrected chi connectivity index (χ3v) is 5.41. The predicted octanol–water partition coefficient (Wildman–Crippen LogP) is 4.12. The van der Waals surface area contributed by atoms with Crippen molar-refractivity contribution in [3.8, 4) is 0 Å². The van der Waals surface area contributed by atoms with Crippen molar-refractivity contribution in [3.05, 3.63) is 23.0 Å². The number of nitrogens with two attached hydrogens (primary N) is 1. The van der Waals surface area contributed by atoms with Gasteiger partial charge in [0.25, 0.3) is 0 Å². The molecule has 5 nitrogen and oxygen atoms in total. The monoisotopic (exact) mass is 361 g/mol. The summed E-state index contributed by atoms with van der Waals surface area (Å²) in [6.07, 6.45) is 8.89. The molecule has 1 heterocycles. The van der Waals surface area contributed by atoms with Crippen molar-refractivity contribution in [1.82, 2.24) is 10.6 Å². The molecule has 0 saturated carbocycles. The van der Waals surface area contributed by atoms with Gasteiger partial charge < -0.3 is 11.1 Å². The van der Waals surface area contributed by atoms with Gasteiger partial charge in [0.2, 0.25) is 0 Å². The number of aliphatic imine (C=N–C) groups is 1. The first kappa shape index (κ1) is 22.6. The van der Waals surface area contributed by atoms with Gasteiger partial charge in [0, 0.05) is 46.9 Å². The summed E-state index contributed by atoms with van der Waals surface area (Å²) >= 11 is 0. The maximum absolute atomic E-state index is 8.73. The Morgan fingerprint density at radius 2 is 2.04 bits per heavy atom. The van der Waals surface area contributed by atoms with Gasteiger partial charge in [0.1, 0.15) is 0 Å². The second kappa shape index (κ2) is 10.6. The molecule has 1 rings (SSSR count). The Kier molecular flexibility index (Phi) is 9.23. The number of nitrogens with one attached hydrogen (secondary N) is 3. The highest BCUT2D eigenvalue weighted by Crippen LogP contribution is 2.21. The average Bonchev–Trinajstić information content (AvgIpc) is 2.61. The molecule has 5 heteroatoms. The molecule has 0 aromatic rings. The van der Waals surface area contributed by atoms with E-state index in [0.29, 0.717) is 12.3 Å². The zero-order chi connectivity index (χ0) is 19.7. The van der Waals surface area contributed by atoms with E-state index in [1.807, 2.05) is 13.1 Å². The lowest BCUT2D eigenvalue weighted by atomic mass is 9.90. The first-order valence-corrected chi connectivity index (χ1v) is 10.0. The van der Waals surface area contributed by atoms with Crippen LogP contribution in [0.2, 0.25) is 0 Å². The van der Waals surface area contributed by atoms with Crippen molar-refractivity contribution < 1.29 is 0 Å². The minimum absolute atomic E-state index is 0.0690. The molecule has 0 aliphatic carbocycles. The topological polar surface area (TPSA) is 86.3 Å². The lowest BCUT2D eigenvalue weighted by Crippen LogP contribution is -2.52. The highest BCUT2D eigenvalue weighted by Gasteiger charge is 2.23. The van der Waals surface area contributed by atoms with Gasteiger partial charge in [-0.2, -0.15) is 0 Å². The first-order valence-electron chi connectivity index (χ1n) is 10.0. The van der Waals surface area contributed by atoms with Crippen molar-refractivity contribution in [2.75, 3.05) is 6.54 Å². The highest BCUT2D eigenvalue weighted by molar-refractivity contribution is 6.02. The van der Waals surface area contributed by atoms with E-state index in [0.717, 1.165) is 49.1 Å². The van der Waals surface area contributed by atoms with Crippen LogP contribution in [0.4, 0.5) is 0 Å². The van der Waals surface area contributed by atoms with Crippen molar-refractivity contribution in [1.29, 1.82) is 5.41 Å². The second-order valence-electron chi connectivity index (χ2n) is 7.64. The maximum atomic E-state index is 8.73. The summed E-state index contributed by atoms with van der Waals surface area (Å²) in [5.74, 6) is 0.0690. The average molecular weight is 362 g/mol. The molecule has 26 heavy (non-hydrogen) atoms. The van der Waals surface area contributed by atoms with E-state index < -0.39 is 0 Å². The van der Waals surface area contributed by atoms with Crippen molar-refractivity contribution in [3.63, 3.8) is 0 Å². The van der Waals surface area contributed by atoms with Gasteiger partial charge in [-0.3, -0.25) is 15.6 Å². The van der Waals surface area contributed by atoms with Crippen LogP contribution in [0.5, 0.6) is 0 Å². The van der Waals surface area contributed by atoms with E-state index in [2.05, 4.69) is 56.3 Å². The molecule has 1 aliphatic heterocycles. The lowest BCUT2D eigenvalue weighted by Gasteiger charge is -2.33. The van der Waals surface area contributed by atoms with E-state index in [9.17, 15) is 0 Å². The number of hydrogen-bond donors (Lipinski definition) is 4. The van der Waals surface area contributed by atoms with Crippen LogP contribution in [0.1, 0.15) is 73.6 Å². The van der Waals surface area contributed by atoms with Gasteiger partial charge >= 0.3 is 0 Å². The minimum atomic E-state index is 0.0690. The van der Waals surface area contributed by atoms with Crippen LogP contribution in [0.25, 0.3) is 0 Å². The van der Waals surface area contributed by atoms with E-state index in [1.165, 1.54) is 0 Å². The van der Waals surface area contributed by atoms with E-state index in [1.54, 1.807) is 0 Å². The molecule has 5 N–H and O–H groups in total. The molecule has 0 aromatic carbocycles. The summed E-state index contributed by atoms with van der Waals surface area (Å²) in [5.41, 5.74) is 9.86. The molecular formula is C21H39N5. The summed E-state index contributed by atoms with van der Waals surface area (Å²) in [6, 6.07) is 0. The quantitative estimate of drug-likeness (QED) is 0.330. The van der Waals surface area contributed by atoms with Gasteiger partial charge in [0.05, 0.1) is 6.17 Å². The zero-order valence-corrected chi connectivity index (χ0v) is 17.6. The molecule has 0 bridgehead atoms. The van der Waals surface area contributed by atoms with Gasteiger partial charge in [0.15, 0.2) is 0 Å². The van der Waals surface area contributed by atoms with Crippen molar-refractivity contribution >= 4 is 11.9 Å². The summed E-state index contributed by atoms with van der Waals surface area (Å²) in [6.45, 7) is 13.5. The zero-order valence-electron chi connectivity index (χ0n) is 17.6. The van der Waals surface area contributed by atoms with Gasteiger partial charge in [-0.05, 0) is 46.5 Å². The largest absolute Gasteiger partial charge is 0.402 e. The fourth-order valence-electron chi connectivity index (χ4n) is 3.22. The maximum Gasteiger partial charge on any atom is 0.0549 e. The van der Waals surface area contributed by atoms with Crippen LogP contribution in [0, 0.1) is 11.3 Å². The van der Waals surface area contributed by atoms with E-state index in [-0.39, 0.29) is 17.6 Å². The summed E-state index contributed by atoms with van der Waals surface area (Å²) in [4.78, 5) is 4.30. The normalized spacial score (nSPS) is 19.8. The van der Waals surface area contributed by atoms with Gasteiger partial charge in [-0.1, -0.05) is 33.3 Å². The third kappa shape index (κ3) is 6.69. The van der Waals surface area contributed by atoms with Crippen LogP contribution in [0.15, 0.2) is 28.0 Å². The van der Waals surface area contributed by atoms with Gasteiger partial charge in [-0.25, -0.2) is 0 Å². The van der Waals surface area contributed by atoms with E-state index in [4.69, 9.17) is 11.1 Å². The number of hydrogen-bond acceptors (Lipinski definition) is 5. The highest BCUT2D eigenvalue weighted by atomic mass is 15.1. The summed E-state index contributed by atoms with van der Waals surface area (Å²) in [5, 5.41) is 15.9. The molecule has 0 radical (unpaired) electrons. The Morgan fingerprint density at radius 3 is 2.58 bits per heavy atom. The van der Waals surface area contributed by atoms with Crippen LogP contribution < -0.4 is 16.4 Å². The third-order valence-electron chi connectivity index (χ3n) is 5.41. The molecule has 0 amide bonds. The minimum Gasteiger partial charge on any atom is -0.402 e. The molecule has 0 spiro atoms.